The molecule has 0 atom stereocenters. The van der Waals surface area contributed by atoms with Crippen molar-refractivity contribution in [1.82, 2.24) is 9.97 Å². The molecule has 0 saturated carbocycles. The van der Waals surface area contributed by atoms with Crippen molar-refractivity contribution in [2.45, 2.75) is 6.92 Å². The maximum absolute atomic E-state index is 13.7. The monoisotopic (exact) mass is 262 g/mol. The van der Waals surface area contributed by atoms with E-state index in [0.717, 1.165) is 0 Å². The van der Waals surface area contributed by atoms with E-state index in [2.05, 4.69) is 20.6 Å². The summed E-state index contributed by atoms with van der Waals surface area (Å²) in [7, 11) is 1.75. The van der Waals surface area contributed by atoms with Gasteiger partial charge >= 0.3 is 0 Å². The third-order valence-corrected chi connectivity index (χ3v) is 2.39. The first-order valence-electron chi connectivity index (χ1n) is 5.92. The fraction of sp³-hybridized carbons (Fsp3) is 0.231. The van der Waals surface area contributed by atoms with Crippen LogP contribution in [0.2, 0.25) is 0 Å². The summed E-state index contributed by atoms with van der Waals surface area (Å²) in [6.07, 6.45) is 3.17. The van der Waals surface area contributed by atoms with E-state index in [1.807, 2.05) is 6.92 Å². The van der Waals surface area contributed by atoms with Crippen molar-refractivity contribution in [2.24, 2.45) is 0 Å². The Bertz CT molecular complexity index is 562. The summed E-state index contributed by atoms with van der Waals surface area (Å²) in [5.74, 6) is 1.000. The quantitative estimate of drug-likeness (QED) is 0.867. The van der Waals surface area contributed by atoms with Crippen LogP contribution in [0.25, 0.3) is 0 Å². The molecular weight excluding hydrogens is 247 g/mol. The third kappa shape index (κ3) is 3.31. The molecule has 19 heavy (non-hydrogen) atoms. The normalized spacial score (nSPS) is 10.1. The molecule has 0 amide bonds. The second-order valence-corrected chi connectivity index (χ2v) is 3.74. The number of nitrogens with one attached hydrogen (secondary N) is 2. The molecule has 0 fully saturated rings. The van der Waals surface area contributed by atoms with Crippen LogP contribution in [0.3, 0.4) is 0 Å². The largest absolute Gasteiger partial charge is 0.491 e. The van der Waals surface area contributed by atoms with Crippen molar-refractivity contribution in [3.8, 4) is 5.75 Å². The van der Waals surface area contributed by atoms with Crippen molar-refractivity contribution < 1.29 is 9.13 Å². The summed E-state index contributed by atoms with van der Waals surface area (Å²) in [4.78, 5) is 8.25. The van der Waals surface area contributed by atoms with Crippen LogP contribution in [-0.2, 0) is 0 Å². The maximum atomic E-state index is 13.7. The van der Waals surface area contributed by atoms with Gasteiger partial charge in [0.1, 0.15) is 5.82 Å². The van der Waals surface area contributed by atoms with Crippen LogP contribution in [0.15, 0.2) is 30.6 Å². The highest BCUT2D eigenvalue weighted by Gasteiger charge is 2.05. The van der Waals surface area contributed by atoms with Gasteiger partial charge in [0.05, 0.1) is 19.0 Å². The number of rotatable bonds is 5. The first-order valence-corrected chi connectivity index (χ1v) is 5.92. The lowest BCUT2D eigenvalue weighted by molar-refractivity contribution is 0.321. The van der Waals surface area contributed by atoms with Crippen LogP contribution in [-0.4, -0.2) is 23.6 Å². The molecule has 0 bridgehead atoms. The lowest BCUT2D eigenvalue weighted by Gasteiger charge is -2.09. The minimum Gasteiger partial charge on any atom is -0.491 e. The number of anilines is 3. The molecule has 0 unspecified atom stereocenters. The van der Waals surface area contributed by atoms with Crippen LogP contribution in [0.5, 0.6) is 5.75 Å². The molecule has 6 heteroatoms. The van der Waals surface area contributed by atoms with Crippen LogP contribution >= 0.6 is 0 Å². The van der Waals surface area contributed by atoms with Crippen molar-refractivity contribution in [1.29, 1.82) is 0 Å². The van der Waals surface area contributed by atoms with Crippen molar-refractivity contribution in [2.75, 3.05) is 24.3 Å². The summed E-state index contributed by atoms with van der Waals surface area (Å²) in [5.41, 5.74) is 0.587. The molecule has 1 aromatic heterocycles. The molecule has 0 aliphatic rings. The Morgan fingerprint density at radius 1 is 1.26 bits per heavy atom. The molecule has 0 radical (unpaired) electrons. The van der Waals surface area contributed by atoms with E-state index < -0.39 is 5.82 Å². The average molecular weight is 262 g/mol. The lowest BCUT2D eigenvalue weighted by atomic mass is 10.3. The molecule has 2 N–H and O–H groups in total. The number of benzene rings is 1. The molecule has 0 aliphatic heterocycles. The smallest absolute Gasteiger partial charge is 0.167 e. The molecule has 0 spiro atoms. The SMILES string of the molecule is CCOc1ccc(Nc2cncc(NC)n2)cc1F. The Morgan fingerprint density at radius 3 is 2.74 bits per heavy atom. The van der Waals surface area contributed by atoms with E-state index in [4.69, 9.17) is 4.74 Å². The van der Waals surface area contributed by atoms with E-state index in [0.29, 0.717) is 23.9 Å². The van der Waals surface area contributed by atoms with Gasteiger partial charge in [-0.2, -0.15) is 0 Å². The highest BCUT2D eigenvalue weighted by Crippen LogP contribution is 2.23. The minimum atomic E-state index is -0.412. The maximum Gasteiger partial charge on any atom is 0.167 e. The Kier molecular flexibility index (Phi) is 4.12. The predicted molar refractivity (Wildman–Crippen MR) is 72.4 cm³/mol. The molecule has 100 valence electrons. The van der Waals surface area contributed by atoms with Gasteiger partial charge in [-0.15, -0.1) is 0 Å². The zero-order valence-corrected chi connectivity index (χ0v) is 10.8. The summed E-state index contributed by atoms with van der Waals surface area (Å²) in [6, 6.07) is 4.66. The van der Waals surface area contributed by atoms with Crippen molar-refractivity contribution >= 4 is 17.3 Å². The van der Waals surface area contributed by atoms with Gasteiger partial charge in [0.15, 0.2) is 17.4 Å². The Morgan fingerprint density at radius 2 is 2.05 bits per heavy atom. The first-order chi connectivity index (χ1) is 9.22. The van der Waals surface area contributed by atoms with Gasteiger partial charge in [-0.3, -0.25) is 4.98 Å². The summed E-state index contributed by atoms with van der Waals surface area (Å²) < 4.78 is 18.8. The molecule has 2 rings (SSSR count). The Balaban J connectivity index is 2.16. The second kappa shape index (κ2) is 5.99. The molecular formula is C13H15FN4O. The summed E-state index contributed by atoms with van der Waals surface area (Å²) in [6.45, 7) is 2.24. The number of aromatic nitrogens is 2. The second-order valence-electron chi connectivity index (χ2n) is 3.74. The molecule has 1 aromatic carbocycles. The summed E-state index contributed by atoms with van der Waals surface area (Å²) >= 11 is 0. The number of ether oxygens (including phenoxy) is 1. The number of halogens is 1. The zero-order chi connectivity index (χ0) is 13.7. The molecule has 2 aromatic rings. The van der Waals surface area contributed by atoms with Crippen LogP contribution in [0.4, 0.5) is 21.7 Å². The predicted octanol–water partition coefficient (Wildman–Crippen LogP) is 2.80. The van der Waals surface area contributed by atoms with E-state index in [9.17, 15) is 4.39 Å². The molecule has 0 aliphatic carbocycles. The van der Waals surface area contributed by atoms with Crippen LogP contribution in [0.1, 0.15) is 6.92 Å². The molecule has 5 nitrogen and oxygen atoms in total. The van der Waals surface area contributed by atoms with Gasteiger partial charge < -0.3 is 15.4 Å². The zero-order valence-electron chi connectivity index (χ0n) is 10.8. The average Bonchev–Trinajstić information content (AvgIpc) is 2.42. The fourth-order valence-corrected chi connectivity index (χ4v) is 1.55. The molecule has 1 heterocycles. The first kappa shape index (κ1) is 13.1. The topological polar surface area (TPSA) is 59.1 Å². The van der Waals surface area contributed by atoms with Crippen molar-refractivity contribution in [3.05, 3.63) is 36.4 Å². The van der Waals surface area contributed by atoms with E-state index in [1.165, 1.54) is 6.07 Å². The minimum absolute atomic E-state index is 0.239. The Labute approximate surface area is 110 Å². The number of nitrogens with zero attached hydrogens (tertiary/aromatic N) is 2. The van der Waals surface area contributed by atoms with Crippen LogP contribution < -0.4 is 15.4 Å². The molecule has 0 saturated heterocycles. The lowest BCUT2D eigenvalue weighted by Crippen LogP contribution is -2.00. The standard InChI is InChI=1S/C13H15FN4O/c1-3-19-11-5-4-9(6-10(11)14)17-13-8-16-7-12(15-2)18-13/h4-8H,3H2,1-2H3,(H2,15,17,18). The third-order valence-electron chi connectivity index (χ3n) is 2.39. The van der Waals surface area contributed by atoms with Gasteiger partial charge in [-0.25, -0.2) is 9.37 Å². The van der Waals surface area contributed by atoms with Gasteiger partial charge in [0.25, 0.3) is 0 Å². The highest BCUT2D eigenvalue weighted by atomic mass is 19.1. The van der Waals surface area contributed by atoms with Gasteiger partial charge in [-0.1, -0.05) is 0 Å². The van der Waals surface area contributed by atoms with Gasteiger partial charge in [0.2, 0.25) is 0 Å². The van der Waals surface area contributed by atoms with Crippen LogP contribution in [0, 0.1) is 5.82 Å². The fourth-order valence-electron chi connectivity index (χ4n) is 1.55. The summed E-state index contributed by atoms with van der Waals surface area (Å²) in [5, 5.41) is 5.86. The van der Waals surface area contributed by atoms with E-state index in [-0.39, 0.29) is 5.75 Å². The van der Waals surface area contributed by atoms with Gasteiger partial charge in [-0.05, 0) is 19.1 Å². The highest BCUT2D eigenvalue weighted by molar-refractivity contribution is 5.58. The van der Waals surface area contributed by atoms with Gasteiger partial charge in [0, 0.05) is 18.8 Å². The number of hydrogen-bond donors (Lipinski definition) is 2. The number of hydrogen-bond acceptors (Lipinski definition) is 5. The van der Waals surface area contributed by atoms with Crippen molar-refractivity contribution in [3.63, 3.8) is 0 Å². The van der Waals surface area contributed by atoms with E-state index >= 15 is 0 Å². The Hall–Kier alpha value is -2.37. The van der Waals surface area contributed by atoms with E-state index in [1.54, 1.807) is 31.6 Å².